The van der Waals surface area contributed by atoms with Gasteiger partial charge in [0.05, 0.1) is 10.6 Å². The van der Waals surface area contributed by atoms with Crippen molar-refractivity contribution in [1.82, 2.24) is 10.2 Å². The molecule has 1 saturated carbocycles. The van der Waals surface area contributed by atoms with Gasteiger partial charge in [0.15, 0.2) is 0 Å². The van der Waals surface area contributed by atoms with Crippen LogP contribution in [0.4, 0.5) is 5.69 Å². The average Bonchev–Trinajstić information content (AvgIpc) is 3.43. The van der Waals surface area contributed by atoms with Gasteiger partial charge in [-0.1, -0.05) is 76.8 Å². The molecular formula is C30H34BrN3O4S. The van der Waals surface area contributed by atoms with Crippen LogP contribution >= 0.6 is 15.9 Å². The quantitative estimate of drug-likeness (QED) is 0.331. The minimum absolute atomic E-state index is 0.0929. The highest BCUT2D eigenvalue weighted by Crippen LogP contribution is 2.25. The Hall–Kier alpha value is -3.17. The summed E-state index contributed by atoms with van der Waals surface area (Å²) in [6, 6.07) is 21.9. The van der Waals surface area contributed by atoms with Gasteiger partial charge in [0.25, 0.3) is 10.0 Å². The number of anilines is 1. The van der Waals surface area contributed by atoms with Crippen molar-refractivity contribution in [3.05, 3.63) is 94.5 Å². The largest absolute Gasteiger partial charge is 0.352 e. The van der Waals surface area contributed by atoms with E-state index in [-0.39, 0.29) is 23.4 Å². The van der Waals surface area contributed by atoms with E-state index in [9.17, 15) is 18.0 Å². The number of carbonyl (C=O) groups is 2. The van der Waals surface area contributed by atoms with Crippen LogP contribution in [0.25, 0.3) is 0 Å². The average molecular weight is 613 g/mol. The first-order valence-electron chi connectivity index (χ1n) is 13.1. The molecule has 0 bridgehead atoms. The van der Waals surface area contributed by atoms with Crippen LogP contribution in [-0.4, -0.2) is 43.8 Å². The SMILES string of the molecule is Cc1ccc(S(=O)(=O)N(CC(=O)N(Cc2cccc(Br)c2)C(C)C(=O)NC2CCCC2)c2ccccc2)cc1. The lowest BCUT2D eigenvalue weighted by atomic mass is 10.1. The lowest BCUT2D eigenvalue weighted by Gasteiger charge is -2.32. The van der Waals surface area contributed by atoms with Crippen LogP contribution in [-0.2, 0) is 26.2 Å². The smallest absolute Gasteiger partial charge is 0.264 e. The van der Waals surface area contributed by atoms with Crippen LogP contribution in [0, 0.1) is 6.92 Å². The second kappa shape index (κ2) is 12.8. The molecule has 1 aliphatic rings. The topological polar surface area (TPSA) is 86.8 Å². The van der Waals surface area contributed by atoms with E-state index in [1.54, 1.807) is 61.5 Å². The lowest BCUT2D eigenvalue weighted by molar-refractivity contribution is -0.139. The zero-order valence-electron chi connectivity index (χ0n) is 22.2. The Balaban J connectivity index is 1.66. The Morgan fingerprint density at radius 3 is 2.28 bits per heavy atom. The third-order valence-corrected chi connectivity index (χ3v) is 9.32. The van der Waals surface area contributed by atoms with E-state index in [1.165, 1.54) is 4.90 Å². The number of carbonyl (C=O) groups excluding carboxylic acids is 2. The van der Waals surface area contributed by atoms with Crippen LogP contribution in [0.2, 0.25) is 0 Å². The molecule has 9 heteroatoms. The maximum Gasteiger partial charge on any atom is 0.264 e. The molecule has 1 N–H and O–H groups in total. The number of amides is 2. The normalized spacial score (nSPS) is 14.5. The van der Waals surface area contributed by atoms with Crippen LogP contribution < -0.4 is 9.62 Å². The van der Waals surface area contributed by atoms with Crippen molar-refractivity contribution in [3.8, 4) is 0 Å². The first-order valence-corrected chi connectivity index (χ1v) is 15.4. The maximum absolute atomic E-state index is 14.0. The summed E-state index contributed by atoms with van der Waals surface area (Å²) in [5.74, 6) is -0.707. The number of nitrogens with one attached hydrogen (secondary N) is 1. The molecule has 0 saturated heterocycles. The first-order chi connectivity index (χ1) is 18.6. The molecule has 0 spiro atoms. The fraction of sp³-hybridized carbons (Fsp3) is 0.333. The van der Waals surface area contributed by atoms with Crippen molar-refractivity contribution in [2.24, 2.45) is 0 Å². The third-order valence-electron chi connectivity index (χ3n) is 7.04. The van der Waals surface area contributed by atoms with Crippen LogP contribution in [0.5, 0.6) is 0 Å². The van der Waals surface area contributed by atoms with Gasteiger partial charge < -0.3 is 10.2 Å². The van der Waals surface area contributed by atoms with Gasteiger partial charge >= 0.3 is 0 Å². The van der Waals surface area contributed by atoms with Crippen LogP contribution in [0.3, 0.4) is 0 Å². The highest BCUT2D eigenvalue weighted by atomic mass is 79.9. The van der Waals surface area contributed by atoms with Gasteiger partial charge in [-0.2, -0.15) is 0 Å². The molecule has 2 amide bonds. The Morgan fingerprint density at radius 2 is 1.64 bits per heavy atom. The molecule has 0 aromatic heterocycles. The Bertz CT molecular complexity index is 1390. The Morgan fingerprint density at radius 1 is 0.974 bits per heavy atom. The number of rotatable bonds is 10. The standard InChI is InChI=1S/C30H34BrN3O4S/c1-22-15-17-28(18-16-22)39(37,38)34(27-13-4-3-5-14-27)21-29(35)33(20-24-9-8-10-25(31)19-24)23(2)30(36)32-26-11-6-7-12-26/h3-5,8-10,13-19,23,26H,6-7,11-12,20-21H2,1-2H3,(H,32,36). The molecule has 206 valence electrons. The second-order valence-corrected chi connectivity index (χ2v) is 12.8. The van der Waals surface area contributed by atoms with Gasteiger partial charge in [-0.05, 0) is 68.7 Å². The van der Waals surface area contributed by atoms with Gasteiger partial charge in [-0.25, -0.2) is 8.42 Å². The molecule has 1 atom stereocenters. The molecule has 1 aliphatic carbocycles. The summed E-state index contributed by atoms with van der Waals surface area (Å²) in [6.45, 7) is 3.29. The van der Waals surface area contributed by atoms with Crippen LogP contribution in [0.1, 0.15) is 43.7 Å². The molecule has 3 aromatic rings. The molecule has 4 rings (SSSR count). The molecule has 3 aromatic carbocycles. The zero-order valence-corrected chi connectivity index (χ0v) is 24.6. The monoisotopic (exact) mass is 611 g/mol. The van der Waals surface area contributed by atoms with Crippen molar-refractivity contribution in [1.29, 1.82) is 0 Å². The maximum atomic E-state index is 14.0. The number of para-hydroxylation sites is 1. The van der Waals surface area contributed by atoms with Gasteiger partial charge in [-0.3, -0.25) is 13.9 Å². The first kappa shape index (κ1) is 28.8. The number of benzene rings is 3. The molecule has 0 heterocycles. The van der Waals surface area contributed by atoms with E-state index < -0.39 is 28.5 Å². The molecule has 1 fully saturated rings. The molecule has 0 radical (unpaired) electrons. The molecular weight excluding hydrogens is 578 g/mol. The van der Waals surface area contributed by atoms with Gasteiger partial charge in [0.1, 0.15) is 12.6 Å². The summed E-state index contributed by atoms with van der Waals surface area (Å²) in [6.07, 6.45) is 4.00. The predicted octanol–water partition coefficient (Wildman–Crippen LogP) is 5.43. The van der Waals surface area contributed by atoms with Crippen molar-refractivity contribution < 1.29 is 18.0 Å². The number of halogens is 1. The highest BCUT2D eigenvalue weighted by Gasteiger charge is 2.33. The van der Waals surface area contributed by atoms with Crippen molar-refractivity contribution >= 4 is 43.5 Å². The molecule has 7 nitrogen and oxygen atoms in total. The summed E-state index contributed by atoms with van der Waals surface area (Å²) < 4.78 is 29.6. The van der Waals surface area contributed by atoms with Crippen molar-refractivity contribution in [2.75, 3.05) is 10.8 Å². The number of hydrogen-bond acceptors (Lipinski definition) is 4. The number of sulfonamides is 1. The Labute approximate surface area is 239 Å². The third kappa shape index (κ3) is 7.28. The van der Waals surface area contributed by atoms with Gasteiger partial charge in [0, 0.05) is 17.1 Å². The zero-order chi connectivity index (χ0) is 28.0. The second-order valence-electron chi connectivity index (χ2n) is 9.98. The van der Waals surface area contributed by atoms with E-state index in [1.807, 2.05) is 31.2 Å². The fourth-order valence-electron chi connectivity index (χ4n) is 4.77. The summed E-state index contributed by atoms with van der Waals surface area (Å²) in [5.41, 5.74) is 2.13. The summed E-state index contributed by atoms with van der Waals surface area (Å²) in [4.78, 5) is 28.8. The van der Waals surface area contributed by atoms with E-state index in [0.29, 0.717) is 5.69 Å². The predicted molar refractivity (Wildman–Crippen MR) is 157 cm³/mol. The number of hydrogen-bond donors (Lipinski definition) is 1. The summed E-state index contributed by atoms with van der Waals surface area (Å²) in [7, 11) is -4.07. The summed E-state index contributed by atoms with van der Waals surface area (Å²) >= 11 is 3.47. The fourth-order valence-corrected chi connectivity index (χ4v) is 6.63. The molecule has 39 heavy (non-hydrogen) atoms. The van der Waals surface area contributed by atoms with E-state index in [2.05, 4.69) is 21.2 Å². The Kier molecular flexibility index (Phi) is 9.45. The van der Waals surface area contributed by atoms with E-state index in [0.717, 1.165) is 45.6 Å². The van der Waals surface area contributed by atoms with Crippen molar-refractivity contribution in [2.45, 2.75) is 63.1 Å². The lowest BCUT2D eigenvalue weighted by Crippen LogP contribution is -2.52. The molecule has 0 aliphatic heterocycles. The minimum Gasteiger partial charge on any atom is -0.352 e. The van der Waals surface area contributed by atoms with E-state index >= 15 is 0 Å². The van der Waals surface area contributed by atoms with Crippen LogP contribution in [0.15, 0.2) is 88.2 Å². The van der Waals surface area contributed by atoms with Gasteiger partial charge in [0.2, 0.25) is 11.8 Å². The summed E-state index contributed by atoms with van der Waals surface area (Å²) in [5, 5.41) is 3.08. The molecule has 1 unspecified atom stereocenters. The van der Waals surface area contributed by atoms with E-state index in [4.69, 9.17) is 0 Å². The van der Waals surface area contributed by atoms with Crippen molar-refractivity contribution in [3.63, 3.8) is 0 Å². The number of aryl methyl sites for hydroxylation is 1. The highest BCUT2D eigenvalue weighted by molar-refractivity contribution is 9.10. The number of nitrogens with zero attached hydrogens (tertiary/aromatic N) is 2. The minimum atomic E-state index is -4.07. The van der Waals surface area contributed by atoms with Gasteiger partial charge in [-0.15, -0.1) is 0 Å².